The molecule has 0 radical (unpaired) electrons. The van der Waals surface area contributed by atoms with Crippen molar-refractivity contribution in [1.29, 1.82) is 0 Å². The average molecular weight is 913 g/mol. The molecule has 0 bridgehead atoms. The Bertz CT molecular complexity index is 598. The van der Waals surface area contributed by atoms with Crippen LogP contribution in [0.5, 0.6) is 0 Å². The quantitative estimate of drug-likeness (QED) is 0.194. The normalized spacial score (nSPS) is 32.5. The Morgan fingerprint density at radius 3 is 0.621 bits per heavy atom. The van der Waals surface area contributed by atoms with Crippen LogP contribution in [-0.4, -0.2) is 64.7 Å². The molecule has 168 valence electrons. The van der Waals surface area contributed by atoms with E-state index in [-0.39, 0.29) is 0 Å². The largest absolute Gasteiger partial charge is 0.287 e. The summed E-state index contributed by atoms with van der Waals surface area (Å²) in [5.41, 5.74) is -17.7. The Kier molecular flexibility index (Phi) is 10.3. The number of hydrogen-bond donors (Lipinski definition) is 0. The lowest BCUT2D eigenvalue weighted by Crippen LogP contribution is -2.80. The van der Waals surface area contributed by atoms with Gasteiger partial charge in [-0.3, -0.25) is 0 Å². The van der Waals surface area contributed by atoms with Crippen LogP contribution in [0.4, 0.5) is 0 Å². The maximum atomic E-state index is 6.98. The molecule has 0 N–H and O–H groups in total. The summed E-state index contributed by atoms with van der Waals surface area (Å²) in [6.45, 7) is 0. The van der Waals surface area contributed by atoms with Crippen LogP contribution in [0.2, 0.25) is 0 Å². The van der Waals surface area contributed by atoms with Gasteiger partial charge in [0.2, 0.25) is 35.3 Å². The highest BCUT2D eigenvalue weighted by atomic mass is 35.8. The highest BCUT2D eigenvalue weighted by molar-refractivity contribution is 8.57. The van der Waals surface area contributed by atoms with Crippen LogP contribution in [0.3, 0.4) is 0 Å². The highest BCUT2D eigenvalue weighted by Crippen LogP contribution is 2.66. The molecule has 0 aromatic carbocycles. The van der Waals surface area contributed by atoms with E-state index in [2.05, 4.69) is 0 Å². The number of halogens is 18. The van der Waals surface area contributed by atoms with Gasteiger partial charge in [0.05, 0.1) is 0 Å². The smallest absolute Gasteiger partial charge is 0.165 e. The predicted octanol–water partition coefficient (Wildman–Crippen LogP) is 8.22. The van der Waals surface area contributed by atoms with Crippen molar-refractivity contribution in [1.82, 2.24) is 0 Å². The molecular formula is B2Cl18Si9. The predicted molar refractivity (Wildman–Crippen MR) is 169 cm³/mol. The molecule has 2 rings (SSSR count). The molecule has 2 aliphatic rings. The minimum Gasteiger partial charge on any atom is -0.165 e. The van der Waals surface area contributed by atoms with Crippen LogP contribution >= 0.6 is 199 Å². The molecule has 2 heterocycles. The summed E-state index contributed by atoms with van der Waals surface area (Å²) in [5.74, 6) is 0. The van der Waals surface area contributed by atoms with Crippen LogP contribution < -0.4 is 0 Å². The summed E-state index contributed by atoms with van der Waals surface area (Å²) in [6.07, 6.45) is -19.8. The molecule has 0 aromatic rings. The molecule has 2 saturated heterocycles. The summed E-state index contributed by atoms with van der Waals surface area (Å²) in [5, 5.41) is 0. The number of hydrogen-bond acceptors (Lipinski definition) is 0. The van der Waals surface area contributed by atoms with Crippen molar-refractivity contribution >= 4 is 264 Å². The van der Waals surface area contributed by atoms with Gasteiger partial charge in [-0.15, -0.1) is 88.6 Å². The maximum absolute atomic E-state index is 6.98. The van der Waals surface area contributed by atoms with Gasteiger partial charge in [0.25, 0.3) is 22.9 Å². The van der Waals surface area contributed by atoms with E-state index in [0.717, 1.165) is 0 Å². The van der Waals surface area contributed by atoms with E-state index in [1.807, 2.05) is 0 Å². The molecule has 0 aromatic heterocycles. The first-order chi connectivity index (χ1) is 12.2. The zero-order valence-electron chi connectivity index (χ0n) is 12.5. The Morgan fingerprint density at radius 2 is 0.483 bits per heavy atom. The summed E-state index contributed by atoms with van der Waals surface area (Å²) >= 11 is 120. The third kappa shape index (κ3) is 4.14. The minimum atomic E-state index is -4.14. The lowest BCUT2D eigenvalue weighted by Gasteiger charge is -2.39. The Balaban J connectivity index is 2.85. The zero-order chi connectivity index (χ0) is 23.7. The van der Waals surface area contributed by atoms with Gasteiger partial charge in [0.15, 0.2) is 6.43 Å². The summed E-state index contributed by atoms with van der Waals surface area (Å²) in [6, 6.07) is 0. The molecule has 0 atom stereocenters. The fraction of sp³-hybridized carbons (Fsp3) is 0. The summed E-state index contributed by atoms with van der Waals surface area (Å²) in [4.78, 5) is 0. The second-order valence-electron chi connectivity index (χ2n) is 6.33. The van der Waals surface area contributed by atoms with E-state index in [0.29, 0.717) is 0 Å². The van der Waals surface area contributed by atoms with Gasteiger partial charge < -0.3 is 0 Å². The molecule has 0 nitrogen and oxygen atoms in total. The van der Waals surface area contributed by atoms with E-state index < -0.39 is 64.7 Å². The Morgan fingerprint density at radius 1 is 0.345 bits per heavy atom. The van der Waals surface area contributed by atoms with E-state index in [1.165, 1.54) is 0 Å². The second kappa shape index (κ2) is 9.17. The topological polar surface area (TPSA) is 0 Å². The van der Waals surface area contributed by atoms with Crippen molar-refractivity contribution in [2.45, 2.75) is 0 Å². The highest BCUT2D eigenvalue weighted by Gasteiger charge is 2.98. The maximum Gasteiger partial charge on any atom is 0.287 e. The van der Waals surface area contributed by atoms with Crippen molar-refractivity contribution in [3.8, 4) is 0 Å². The van der Waals surface area contributed by atoms with Gasteiger partial charge in [-0.1, -0.05) is 0 Å². The molecule has 29 heavy (non-hydrogen) atoms. The summed E-state index contributed by atoms with van der Waals surface area (Å²) in [7, 11) is 0. The van der Waals surface area contributed by atoms with Crippen molar-refractivity contribution in [3.63, 3.8) is 0 Å². The van der Waals surface area contributed by atoms with Crippen LogP contribution in [0.1, 0.15) is 0 Å². The van der Waals surface area contributed by atoms with E-state index >= 15 is 0 Å². The average Bonchev–Trinajstić information content (AvgIpc) is 2.54. The Hall–Kier alpha value is 7.30. The van der Waals surface area contributed by atoms with Crippen LogP contribution in [0, 0.1) is 0 Å². The Labute approximate surface area is 259 Å². The standard InChI is InChI=1S/B2Cl18Si9/c3-21(4,1-22(5,6)26(13,14)27(15,16)23(1,7)8)2-24(9,10)28(17,18)29(19,20)25(2,11)12. The monoisotopic (exact) mass is 903 g/mol. The van der Waals surface area contributed by atoms with Crippen molar-refractivity contribution in [2.24, 2.45) is 0 Å². The molecule has 29 heteroatoms. The fourth-order valence-electron chi connectivity index (χ4n) is 3.15. The van der Waals surface area contributed by atoms with Gasteiger partial charge >= 0.3 is 0 Å². The van der Waals surface area contributed by atoms with E-state index in [1.54, 1.807) is 0 Å². The molecule has 0 saturated carbocycles. The molecule has 2 aliphatic heterocycles. The molecule has 2 fully saturated rings. The molecule has 0 spiro atoms. The zero-order valence-corrected chi connectivity index (χ0v) is 35.1. The third-order valence-corrected chi connectivity index (χ3v) is 214. The van der Waals surface area contributed by atoms with Crippen LogP contribution in [0.15, 0.2) is 0 Å². The molecule has 0 amide bonds. The van der Waals surface area contributed by atoms with Gasteiger partial charge in [0, 0.05) is 0 Å². The molecule has 0 unspecified atom stereocenters. The van der Waals surface area contributed by atoms with Crippen molar-refractivity contribution < 1.29 is 0 Å². The van der Waals surface area contributed by atoms with Crippen LogP contribution in [0.25, 0.3) is 0 Å². The van der Waals surface area contributed by atoms with Gasteiger partial charge in [-0.05, 0) is 0 Å². The molecule has 0 aliphatic carbocycles. The van der Waals surface area contributed by atoms with E-state index in [9.17, 15) is 0 Å². The minimum absolute atomic E-state index is 1.21. The first-order valence-electron chi connectivity index (χ1n) is 6.63. The third-order valence-electron chi connectivity index (χ3n) is 4.68. The lowest BCUT2D eigenvalue weighted by molar-refractivity contribution is 3.22. The summed E-state index contributed by atoms with van der Waals surface area (Å²) < 4.78 is 0. The lowest BCUT2D eigenvalue weighted by atomic mass is 10.6. The van der Waals surface area contributed by atoms with Crippen molar-refractivity contribution in [3.05, 3.63) is 0 Å². The van der Waals surface area contributed by atoms with Crippen LogP contribution in [-0.2, 0) is 0 Å². The van der Waals surface area contributed by atoms with Gasteiger partial charge in [-0.2, -0.15) is 111 Å². The number of rotatable bonds is 2. The molecular weight excluding hydrogens is 913 g/mol. The first kappa shape index (κ1) is 32.5. The van der Waals surface area contributed by atoms with E-state index in [4.69, 9.17) is 199 Å². The van der Waals surface area contributed by atoms with Crippen molar-refractivity contribution in [2.75, 3.05) is 0 Å². The fourth-order valence-corrected chi connectivity index (χ4v) is 301. The van der Waals surface area contributed by atoms with Gasteiger partial charge in [-0.25, -0.2) is 0 Å². The first-order valence-corrected chi connectivity index (χ1v) is 49.3. The SMILES string of the molecule is Cl[Si](Cl)(B1[Si](Cl)(Cl)[Si](Cl)(Cl)[Si](Cl)(Cl)[Si]1(Cl)Cl)B1[Si](Cl)(Cl)[Si](Cl)(Cl)[Si](Cl)(Cl)[Si]1(Cl)Cl. The van der Waals surface area contributed by atoms with Gasteiger partial charge in [0.1, 0.15) is 0 Å². The second-order valence-corrected chi connectivity index (χ2v) is 117.